The van der Waals surface area contributed by atoms with Gasteiger partial charge in [0, 0.05) is 47.3 Å². The standard InChI is InChI=1S/C44H77N7O7/c1-15-30(6)39(50(12)44(56)37(28(2)3)47-43(55)38(29(4)5)49(10)11)35(57-13)27-36(52)51-24-19-22-34(51)40(58-14)31(7)41(53)46-33(26-32-20-17-16-18-21-32)42(54)45-23-25-48(8)9/h16-18,20-21,28-31,33-35,37-40H,15,19,22-27H2,1-14H3,(H,45,54)(H,46,53)(H,47,55)/t30?,31-,33?,34+,35?,37+,38?,39?,40?/m1/s1. The van der Waals surface area contributed by atoms with Crippen LogP contribution in [0.1, 0.15) is 79.7 Å². The fourth-order valence-electron chi connectivity index (χ4n) is 8.30. The Bertz CT molecular complexity index is 1430. The number of amides is 5. The Morgan fingerprint density at radius 1 is 0.845 bits per heavy atom. The third-order valence-corrected chi connectivity index (χ3v) is 11.7. The third kappa shape index (κ3) is 14.3. The van der Waals surface area contributed by atoms with Crippen molar-refractivity contribution in [2.24, 2.45) is 23.7 Å². The number of nitrogens with one attached hydrogen (secondary N) is 3. The zero-order chi connectivity index (χ0) is 43.9. The number of carbonyl (C=O) groups excluding carboxylic acids is 5. The molecule has 1 fully saturated rings. The molecule has 1 aromatic rings. The molecule has 0 radical (unpaired) electrons. The minimum absolute atomic E-state index is 0.0116. The first-order chi connectivity index (χ1) is 27.3. The summed E-state index contributed by atoms with van der Waals surface area (Å²) < 4.78 is 12.0. The van der Waals surface area contributed by atoms with Crippen LogP contribution in [-0.2, 0) is 39.9 Å². The van der Waals surface area contributed by atoms with Crippen molar-refractivity contribution >= 4 is 29.5 Å². The zero-order valence-electron chi connectivity index (χ0n) is 38.0. The van der Waals surface area contributed by atoms with E-state index in [1.807, 2.05) is 110 Å². The van der Waals surface area contributed by atoms with Gasteiger partial charge in [0.05, 0.1) is 42.7 Å². The minimum Gasteiger partial charge on any atom is -0.379 e. The van der Waals surface area contributed by atoms with Crippen molar-refractivity contribution in [1.82, 2.24) is 35.6 Å². The summed E-state index contributed by atoms with van der Waals surface area (Å²) in [5, 5.41) is 8.99. The molecule has 2 rings (SSSR count). The van der Waals surface area contributed by atoms with Gasteiger partial charge in [0.15, 0.2) is 0 Å². The molecule has 9 atom stereocenters. The average molecular weight is 816 g/mol. The molecule has 5 amide bonds. The average Bonchev–Trinajstić information content (AvgIpc) is 3.65. The Morgan fingerprint density at radius 2 is 1.48 bits per heavy atom. The van der Waals surface area contributed by atoms with Crippen LogP contribution in [0.2, 0.25) is 0 Å². The summed E-state index contributed by atoms with van der Waals surface area (Å²) in [5.41, 5.74) is 0.920. The fraction of sp³-hybridized carbons (Fsp3) is 0.750. The van der Waals surface area contributed by atoms with Crippen molar-refractivity contribution in [3.8, 4) is 0 Å². The SMILES string of the molecule is CCC(C)C(C(CC(=O)N1CCC[C@H]1C(OC)[C@@H](C)C(=O)NC(Cc1ccccc1)C(=O)NCCN(C)C)OC)N(C)C(=O)[C@@H](NC(=O)C(C(C)C)N(C)C)C(C)C. The van der Waals surface area contributed by atoms with Gasteiger partial charge in [-0.25, -0.2) is 0 Å². The zero-order valence-corrected chi connectivity index (χ0v) is 38.0. The van der Waals surface area contributed by atoms with Crippen LogP contribution in [0.15, 0.2) is 30.3 Å². The van der Waals surface area contributed by atoms with E-state index in [0.29, 0.717) is 32.5 Å². The molecule has 1 heterocycles. The van der Waals surface area contributed by atoms with Crippen molar-refractivity contribution in [2.75, 3.05) is 69.1 Å². The second kappa shape index (κ2) is 24.5. The molecule has 0 aliphatic carbocycles. The highest BCUT2D eigenvalue weighted by Gasteiger charge is 2.43. The molecule has 0 spiro atoms. The first-order valence-electron chi connectivity index (χ1n) is 21.2. The van der Waals surface area contributed by atoms with E-state index in [1.54, 1.807) is 38.0 Å². The molecule has 1 aliphatic rings. The van der Waals surface area contributed by atoms with Crippen LogP contribution in [0.4, 0.5) is 0 Å². The van der Waals surface area contributed by atoms with Crippen molar-refractivity contribution in [3.63, 3.8) is 0 Å². The van der Waals surface area contributed by atoms with Crippen LogP contribution >= 0.6 is 0 Å². The number of benzene rings is 1. The van der Waals surface area contributed by atoms with Crippen LogP contribution < -0.4 is 16.0 Å². The maximum Gasteiger partial charge on any atom is 0.245 e. The summed E-state index contributed by atoms with van der Waals surface area (Å²) in [5.74, 6) is -2.05. The molecule has 1 aromatic carbocycles. The van der Waals surface area contributed by atoms with Gasteiger partial charge in [-0.15, -0.1) is 0 Å². The number of likely N-dealkylation sites (N-methyl/N-ethyl adjacent to an activating group) is 3. The van der Waals surface area contributed by atoms with Gasteiger partial charge in [-0.2, -0.15) is 0 Å². The minimum atomic E-state index is -0.800. The maximum atomic E-state index is 14.3. The van der Waals surface area contributed by atoms with Gasteiger partial charge in [0.2, 0.25) is 29.5 Å². The number of ether oxygens (including phenoxy) is 2. The van der Waals surface area contributed by atoms with Crippen molar-refractivity contribution in [2.45, 2.75) is 123 Å². The van der Waals surface area contributed by atoms with Crippen LogP contribution in [0, 0.1) is 23.7 Å². The van der Waals surface area contributed by atoms with E-state index in [0.717, 1.165) is 18.4 Å². The molecule has 6 unspecified atom stereocenters. The van der Waals surface area contributed by atoms with E-state index in [9.17, 15) is 24.0 Å². The van der Waals surface area contributed by atoms with Gasteiger partial charge in [0.1, 0.15) is 12.1 Å². The predicted octanol–water partition coefficient (Wildman–Crippen LogP) is 3.04. The monoisotopic (exact) mass is 816 g/mol. The smallest absolute Gasteiger partial charge is 0.245 e. The molecule has 0 bridgehead atoms. The van der Waals surface area contributed by atoms with Crippen molar-refractivity contribution in [1.29, 1.82) is 0 Å². The summed E-state index contributed by atoms with van der Waals surface area (Å²) in [4.78, 5) is 76.7. The lowest BCUT2D eigenvalue weighted by atomic mass is 9.89. The van der Waals surface area contributed by atoms with Crippen LogP contribution in [0.3, 0.4) is 0 Å². The molecular formula is C44H77N7O7. The van der Waals surface area contributed by atoms with E-state index in [1.165, 1.54) is 0 Å². The van der Waals surface area contributed by atoms with Crippen LogP contribution in [0.5, 0.6) is 0 Å². The number of methoxy groups -OCH3 is 2. The first kappa shape index (κ1) is 50.6. The number of likely N-dealkylation sites (tertiary alicyclic amines) is 1. The lowest BCUT2D eigenvalue weighted by molar-refractivity contribution is -0.148. The summed E-state index contributed by atoms with van der Waals surface area (Å²) >= 11 is 0. The van der Waals surface area contributed by atoms with Crippen LogP contribution in [0.25, 0.3) is 0 Å². The number of carbonyl (C=O) groups is 5. The van der Waals surface area contributed by atoms with Gasteiger partial charge in [-0.05, 0) is 64.3 Å². The lowest BCUT2D eigenvalue weighted by Crippen LogP contribution is -2.59. The lowest BCUT2D eigenvalue weighted by Gasteiger charge is -2.41. The van der Waals surface area contributed by atoms with Gasteiger partial charge in [0.25, 0.3) is 0 Å². The largest absolute Gasteiger partial charge is 0.379 e. The Hall–Kier alpha value is -3.59. The van der Waals surface area contributed by atoms with Gasteiger partial charge in [-0.1, -0.05) is 85.2 Å². The van der Waals surface area contributed by atoms with Crippen molar-refractivity contribution < 1.29 is 33.4 Å². The normalized spacial score (nSPS) is 18.7. The highest BCUT2D eigenvalue weighted by atomic mass is 16.5. The molecule has 3 N–H and O–H groups in total. The second-order valence-corrected chi connectivity index (χ2v) is 17.3. The molecule has 58 heavy (non-hydrogen) atoms. The van der Waals surface area contributed by atoms with E-state index >= 15 is 0 Å². The highest BCUT2D eigenvalue weighted by Crippen LogP contribution is 2.30. The summed E-state index contributed by atoms with van der Waals surface area (Å²) in [6.07, 6.45) is 1.17. The maximum absolute atomic E-state index is 14.3. The number of nitrogens with zero attached hydrogens (tertiary/aromatic N) is 4. The molecule has 330 valence electrons. The van der Waals surface area contributed by atoms with E-state index in [-0.39, 0.29) is 59.8 Å². The summed E-state index contributed by atoms with van der Waals surface area (Å²) in [6.45, 7) is 15.2. The van der Waals surface area contributed by atoms with Crippen molar-refractivity contribution in [3.05, 3.63) is 35.9 Å². The molecule has 0 saturated carbocycles. The Morgan fingerprint density at radius 3 is 2.00 bits per heavy atom. The van der Waals surface area contributed by atoms with E-state index < -0.39 is 42.3 Å². The van der Waals surface area contributed by atoms with Gasteiger partial charge >= 0.3 is 0 Å². The summed E-state index contributed by atoms with van der Waals surface area (Å²) in [6, 6.07) is 6.75. The highest BCUT2D eigenvalue weighted by molar-refractivity contribution is 5.90. The quantitative estimate of drug-likeness (QED) is 0.143. The van der Waals surface area contributed by atoms with E-state index in [4.69, 9.17) is 9.47 Å². The fourth-order valence-corrected chi connectivity index (χ4v) is 8.30. The predicted molar refractivity (Wildman–Crippen MR) is 229 cm³/mol. The Labute approximate surface area is 349 Å². The Kier molecular flexibility index (Phi) is 21.3. The van der Waals surface area contributed by atoms with E-state index in [2.05, 4.69) is 16.0 Å². The second-order valence-electron chi connectivity index (χ2n) is 17.3. The number of rotatable bonds is 24. The first-order valence-corrected chi connectivity index (χ1v) is 21.2. The van der Waals surface area contributed by atoms with Gasteiger partial charge < -0.3 is 40.1 Å². The molecule has 14 nitrogen and oxygen atoms in total. The molecule has 0 aromatic heterocycles. The molecular weight excluding hydrogens is 739 g/mol. The molecule has 14 heteroatoms. The molecule has 1 saturated heterocycles. The molecule has 1 aliphatic heterocycles. The topological polar surface area (TPSA) is 153 Å². The van der Waals surface area contributed by atoms with Crippen LogP contribution in [-0.4, -0.2) is 161 Å². The number of hydrogen-bond donors (Lipinski definition) is 3. The van der Waals surface area contributed by atoms with Gasteiger partial charge in [-0.3, -0.25) is 28.9 Å². The Balaban J connectivity index is 2.30. The third-order valence-electron chi connectivity index (χ3n) is 11.7. The summed E-state index contributed by atoms with van der Waals surface area (Å²) in [7, 11) is 12.4. The number of hydrogen-bond acceptors (Lipinski definition) is 9.